The molecule has 0 bridgehead atoms. The summed E-state index contributed by atoms with van der Waals surface area (Å²) >= 11 is 0. The number of methoxy groups -OCH3 is 1. The van der Waals surface area contributed by atoms with Crippen LogP contribution in [0.25, 0.3) is 6.08 Å². The normalized spacial score (nSPS) is 42.7. The van der Waals surface area contributed by atoms with Crippen molar-refractivity contribution >= 4 is 18.0 Å². The lowest BCUT2D eigenvalue weighted by atomic mass is 9.32. The molecule has 10 atom stereocenters. The SMILES string of the molecule is C=C(C)[C@H]1CC[C@]2(C(=O)O)CC[C@]3(C)[C@H](CCC4[C@]5(C)CC[C@H](OC(=O)C=Cc6ccc(O)c(OC)c6)C(C)(C)[C@H]5CC[C@@]43C)[C@H]12. The van der Waals surface area contributed by atoms with Crippen LogP contribution in [0.3, 0.4) is 0 Å². The maximum Gasteiger partial charge on any atom is 0.331 e. The number of ether oxygens (including phenoxy) is 2. The monoisotopic (exact) mass is 632 g/mol. The number of phenolic OH excluding ortho intramolecular Hbond substituents is 1. The highest BCUT2D eigenvalue weighted by atomic mass is 16.5. The Hall–Kier alpha value is -2.76. The molecule has 0 amide bonds. The van der Waals surface area contributed by atoms with Gasteiger partial charge in [0.05, 0.1) is 12.5 Å². The Bertz CT molecular complexity index is 1440. The summed E-state index contributed by atoms with van der Waals surface area (Å²) in [6.45, 7) is 18.8. The van der Waals surface area contributed by atoms with Crippen LogP contribution in [-0.4, -0.2) is 35.4 Å². The Morgan fingerprint density at radius 3 is 2.33 bits per heavy atom. The van der Waals surface area contributed by atoms with Crippen LogP contribution in [0.1, 0.15) is 111 Å². The lowest BCUT2D eigenvalue weighted by Crippen LogP contribution is -2.67. The van der Waals surface area contributed by atoms with Gasteiger partial charge in [-0.05, 0) is 141 Å². The van der Waals surface area contributed by atoms with E-state index in [0.717, 1.165) is 69.8 Å². The number of phenols is 1. The lowest BCUT2D eigenvalue weighted by molar-refractivity contribution is -0.250. The molecule has 6 heteroatoms. The molecule has 5 fully saturated rings. The van der Waals surface area contributed by atoms with Gasteiger partial charge in [0.1, 0.15) is 6.10 Å². The van der Waals surface area contributed by atoms with Crippen LogP contribution in [0.2, 0.25) is 0 Å². The summed E-state index contributed by atoms with van der Waals surface area (Å²) in [5.41, 5.74) is 1.54. The van der Waals surface area contributed by atoms with Gasteiger partial charge >= 0.3 is 11.9 Å². The van der Waals surface area contributed by atoms with Gasteiger partial charge in [-0.3, -0.25) is 4.79 Å². The molecule has 0 saturated heterocycles. The van der Waals surface area contributed by atoms with E-state index < -0.39 is 11.4 Å². The number of rotatable bonds is 6. The highest BCUT2D eigenvalue weighted by Gasteiger charge is 2.72. The van der Waals surface area contributed by atoms with Crippen LogP contribution in [-0.2, 0) is 14.3 Å². The molecule has 0 aliphatic heterocycles. The van der Waals surface area contributed by atoms with E-state index >= 15 is 0 Å². The van der Waals surface area contributed by atoms with Crippen molar-refractivity contribution in [2.45, 2.75) is 112 Å². The zero-order valence-electron chi connectivity index (χ0n) is 29.2. The molecule has 252 valence electrons. The standard InChI is InChI=1S/C40H56O6/c1-24(2)26-15-20-40(35(43)44)22-21-38(6)27(34(26)40)11-13-31-37(5)18-17-32(36(3,4)30(37)16-19-39(31,38)7)46-33(42)14-10-25-9-12-28(41)29(23-25)45-8/h9-10,12,14,23,26-27,30-32,34,41H,1,11,13,15-22H2,2-8H3,(H,43,44)/t26-,27-,30-,31?,32+,34+,37-,38-,39+,40+/m1/s1. The first-order valence-corrected chi connectivity index (χ1v) is 17.7. The lowest BCUT2D eigenvalue weighted by Gasteiger charge is -2.72. The number of aromatic hydroxyl groups is 1. The van der Waals surface area contributed by atoms with Gasteiger partial charge in [0.25, 0.3) is 0 Å². The molecular formula is C40H56O6. The van der Waals surface area contributed by atoms with Crippen molar-refractivity contribution in [2.24, 2.45) is 56.7 Å². The van der Waals surface area contributed by atoms with E-state index in [4.69, 9.17) is 9.47 Å². The van der Waals surface area contributed by atoms with Crippen molar-refractivity contribution in [1.29, 1.82) is 0 Å². The molecular weight excluding hydrogens is 576 g/mol. The Labute approximate surface area is 276 Å². The molecule has 1 unspecified atom stereocenters. The van der Waals surface area contributed by atoms with Gasteiger partial charge in [0.15, 0.2) is 11.5 Å². The second-order valence-corrected chi connectivity index (χ2v) is 17.2. The summed E-state index contributed by atoms with van der Waals surface area (Å²) in [5, 5.41) is 20.5. The highest BCUT2D eigenvalue weighted by Crippen LogP contribution is 2.77. The number of carbonyl (C=O) groups excluding carboxylic acids is 1. The summed E-state index contributed by atoms with van der Waals surface area (Å²) < 4.78 is 11.4. The van der Waals surface area contributed by atoms with Crippen LogP contribution in [0.4, 0.5) is 0 Å². The minimum absolute atomic E-state index is 0.0618. The van der Waals surface area contributed by atoms with E-state index in [1.807, 2.05) is 0 Å². The molecule has 1 aromatic rings. The van der Waals surface area contributed by atoms with E-state index in [2.05, 4.69) is 48.1 Å². The van der Waals surface area contributed by atoms with Crippen molar-refractivity contribution < 1.29 is 29.3 Å². The maximum atomic E-state index is 13.1. The van der Waals surface area contributed by atoms with Gasteiger partial charge in [0.2, 0.25) is 0 Å². The molecule has 6 nitrogen and oxygen atoms in total. The molecule has 0 spiro atoms. The van der Waals surface area contributed by atoms with Crippen molar-refractivity contribution in [2.75, 3.05) is 7.11 Å². The Balaban J connectivity index is 1.23. The Kier molecular flexibility index (Phi) is 8.04. The topological polar surface area (TPSA) is 93.1 Å². The first kappa shape index (κ1) is 33.2. The fraction of sp³-hybridized carbons (Fsp3) is 0.700. The third-order valence-corrected chi connectivity index (χ3v) is 15.3. The van der Waals surface area contributed by atoms with Gasteiger partial charge in [-0.15, -0.1) is 0 Å². The molecule has 0 heterocycles. The van der Waals surface area contributed by atoms with E-state index in [-0.39, 0.29) is 45.4 Å². The largest absolute Gasteiger partial charge is 0.504 e. The molecule has 5 saturated carbocycles. The van der Waals surface area contributed by atoms with Gasteiger partial charge in [0, 0.05) is 11.5 Å². The smallest absolute Gasteiger partial charge is 0.331 e. The van der Waals surface area contributed by atoms with Crippen LogP contribution in [0, 0.1) is 56.7 Å². The first-order chi connectivity index (χ1) is 21.5. The van der Waals surface area contributed by atoms with Gasteiger partial charge in [-0.1, -0.05) is 52.8 Å². The number of aliphatic carboxylic acids is 1. The van der Waals surface area contributed by atoms with E-state index in [9.17, 15) is 19.8 Å². The number of fused-ring (bicyclic) bond motifs is 7. The highest BCUT2D eigenvalue weighted by molar-refractivity contribution is 5.87. The predicted octanol–water partition coefficient (Wildman–Crippen LogP) is 9.07. The molecule has 1 aromatic carbocycles. The van der Waals surface area contributed by atoms with E-state index in [1.54, 1.807) is 24.3 Å². The Morgan fingerprint density at radius 2 is 1.65 bits per heavy atom. The zero-order chi connectivity index (χ0) is 33.4. The summed E-state index contributed by atoms with van der Waals surface area (Å²) in [6, 6.07) is 5.00. The van der Waals surface area contributed by atoms with Crippen molar-refractivity contribution in [1.82, 2.24) is 0 Å². The zero-order valence-corrected chi connectivity index (χ0v) is 29.2. The van der Waals surface area contributed by atoms with Gasteiger partial charge in [-0.2, -0.15) is 0 Å². The van der Waals surface area contributed by atoms with Crippen LogP contribution in [0.15, 0.2) is 36.4 Å². The van der Waals surface area contributed by atoms with Crippen LogP contribution >= 0.6 is 0 Å². The van der Waals surface area contributed by atoms with Crippen molar-refractivity contribution in [3.05, 3.63) is 42.0 Å². The van der Waals surface area contributed by atoms with Gasteiger partial charge < -0.3 is 19.7 Å². The van der Waals surface area contributed by atoms with E-state index in [0.29, 0.717) is 29.4 Å². The average Bonchev–Trinajstić information content (AvgIpc) is 3.40. The minimum Gasteiger partial charge on any atom is -0.504 e. The molecule has 2 N–H and O–H groups in total. The fourth-order valence-corrected chi connectivity index (χ4v) is 12.8. The number of esters is 1. The molecule has 6 rings (SSSR count). The molecule has 0 radical (unpaired) electrons. The minimum atomic E-state index is -0.592. The Morgan fingerprint density at radius 1 is 0.913 bits per heavy atom. The number of carboxylic acids is 1. The fourth-order valence-electron chi connectivity index (χ4n) is 12.8. The van der Waals surface area contributed by atoms with Gasteiger partial charge in [-0.25, -0.2) is 4.79 Å². The first-order valence-electron chi connectivity index (χ1n) is 17.7. The summed E-state index contributed by atoms with van der Waals surface area (Å²) in [7, 11) is 1.50. The second-order valence-electron chi connectivity index (χ2n) is 17.2. The van der Waals surface area contributed by atoms with E-state index in [1.165, 1.54) is 18.8 Å². The molecule has 46 heavy (non-hydrogen) atoms. The summed E-state index contributed by atoms with van der Waals surface area (Å²) in [5.74, 6) is 1.42. The second kappa shape index (κ2) is 11.2. The quantitative estimate of drug-likeness (QED) is 0.185. The number of hydrogen-bond acceptors (Lipinski definition) is 5. The number of hydrogen-bond donors (Lipinski definition) is 2. The molecule has 0 aromatic heterocycles. The maximum absolute atomic E-state index is 13.1. The van der Waals surface area contributed by atoms with Crippen molar-refractivity contribution in [3.8, 4) is 11.5 Å². The number of carboxylic acid groups (broad SMARTS) is 1. The molecule has 5 aliphatic rings. The van der Waals surface area contributed by atoms with Crippen LogP contribution in [0.5, 0.6) is 11.5 Å². The predicted molar refractivity (Wildman–Crippen MR) is 180 cm³/mol. The average molecular weight is 633 g/mol. The third kappa shape index (κ3) is 4.62. The molecule has 5 aliphatic carbocycles. The number of benzene rings is 1. The van der Waals surface area contributed by atoms with Crippen LogP contribution < -0.4 is 4.74 Å². The number of allylic oxidation sites excluding steroid dienone is 1. The summed E-state index contributed by atoms with van der Waals surface area (Å²) in [6.07, 6.45) is 13.0. The summed E-state index contributed by atoms with van der Waals surface area (Å²) in [4.78, 5) is 26.1. The third-order valence-electron chi connectivity index (χ3n) is 15.3. The van der Waals surface area contributed by atoms with Crippen molar-refractivity contribution in [3.63, 3.8) is 0 Å². The number of carbonyl (C=O) groups is 2.